The molecule has 7 nitrogen and oxygen atoms in total. The SMILES string of the molecule is CC(C)(C)C(=O)SCCOP(=O)(OCCSC(=O)C(C)(C)C)C(C(=O)N/C=C/c1ccccc1)c1cccc2ccccc12. The highest BCUT2D eigenvalue weighted by atomic mass is 32.2. The number of rotatable bonds is 13. The predicted molar refractivity (Wildman–Crippen MR) is 184 cm³/mol. The van der Waals surface area contributed by atoms with Crippen molar-refractivity contribution in [3.8, 4) is 0 Å². The molecular formula is C34H42NO6PS2. The molecule has 0 saturated heterocycles. The molecule has 236 valence electrons. The molecule has 0 saturated carbocycles. The average Bonchev–Trinajstić information content (AvgIpc) is 2.97. The number of nitrogens with one attached hydrogen (secondary N) is 1. The van der Waals surface area contributed by atoms with Gasteiger partial charge in [0.2, 0.25) is 5.91 Å². The third-order valence-corrected chi connectivity index (χ3v) is 11.1. The first-order chi connectivity index (χ1) is 20.7. The van der Waals surface area contributed by atoms with E-state index in [0.717, 1.165) is 39.9 Å². The molecule has 3 aromatic carbocycles. The number of hydrogen-bond acceptors (Lipinski definition) is 8. The predicted octanol–water partition coefficient (Wildman–Crippen LogP) is 8.51. The Morgan fingerprint density at radius 3 is 1.86 bits per heavy atom. The zero-order valence-electron chi connectivity index (χ0n) is 26.2. The van der Waals surface area contributed by atoms with Gasteiger partial charge in [-0.25, -0.2) is 0 Å². The molecule has 3 aromatic rings. The maximum absolute atomic E-state index is 14.8. The van der Waals surface area contributed by atoms with Crippen LogP contribution in [0.1, 0.15) is 58.3 Å². The maximum atomic E-state index is 14.8. The number of benzene rings is 3. The van der Waals surface area contributed by atoms with Crippen LogP contribution in [0.25, 0.3) is 16.8 Å². The Morgan fingerprint density at radius 1 is 0.773 bits per heavy atom. The van der Waals surface area contributed by atoms with Gasteiger partial charge in [-0.2, -0.15) is 0 Å². The van der Waals surface area contributed by atoms with Gasteiger partial charge in [-0.05, 0) is 28.0 Å². The van der Waals surface area contributed by atoms with E-state index in [-0.39, 0.29) is 35.0 Å². The second kappa shape index (κ2) is 16.1. The smallest absolute Gasteiger partial charge is 0.332 e. The average molecular weight is 656 g/mol. The molecule has 0 aromatic heterocycles. The Labute approximate surface area is 269 Å². The van der Waals surface area contributed by atoms with E-state index in [2.05, 4.69) is 5.32 Å². The van der Waals surface area contributed by atoms with Gasteiger partial charge in [-0.1, -0.05) is 138 Å². The summed E-state index contributed by atoms with van der Waals surface area (Å²) in [6.45, 7) is 10.8. The Kier molecular flexibility index (Phi) is 13.1. The van der Waals surface area contributed by atoms with Crippen LogP contribution in [0.4, 0.5) is 0 Å². The Balaban J connectivity index is 1.96. The van der Waals surface area contributed by atoms with E-state index in [0.29, 0.717) is 5.56 Å². The van der Waals surface area contributed by atoms with Gasteiger partial charge in [0.1, 0.15) is 0 Å². The van der Waals surface area contributed by atoms with Crippen molar-refractivity contribution >= 4 is 64.1 Å². The number of carbonyl (C=O) groups is 3. The zero-order valence-corrected chi connectivity index (χ0v) is 28.7. The molecule has 0 aliphatic heterocycles. The molecular weight excluding hydrogens is 613 g/mol. The number of amides is 1. The number of carbonyl (C=O) groups excluding carboxylic acids is 3. The summed E-state index contributed by atoms with van der Waals surface area (Å²) in [6.07, 6.45) is 3.25. The van der Waals surface area contributed by atoms with Gasteiger partial charge in [0.15, 0.2) is 15.9 Å². The fourth-order valence-electron chi connectivity index (χ4n) is 4.02. The van der Waals surface area contributed by atoms with Crippen molar-refractivity contribution in [1.29, 1.82) is 0 Å². The molecule has 0 aliphatic rings. The lowest BCUT2D eigenvalue weighted by Crippen LogP contribution is -2.27. The summed E-state index contributed by atoms with van der Waals surface area (Å²) < 4.78 is 26.8. The van der Waals surface area contributed by atoms with E-state index in [1.807, 2.05) is 102 Å². The third-order valence-electron chi connectivity index (χ3n) is 6.38. The van der Waals surface area contributed by atoms with Crippen molar-refractivity contribution < 1.29 is 28.0 Å². The molecule has 0 fully saturated rings. The fraction of sp³-hybridized carbons (Fsp3) is 0.382. The highest BCUT2D eigenvalue weighted by Crippen LogP contribution is 2.62. The van der Waals surface area contributed by atoms with Crippen molar-refractivity contribution in [2.24, 2.45) is 10.8 Å². The van der Waals surface area contributed by atoms with Crippen molar-refractivity contribution in [3.63, 3.8) is 0 Å². The Bertz CT molecular complexity index is 1470. The summed E-state index contributed by atoms with van der Waals surface area (Å²) in [5.41, 5.74) is -1.03. The number of fused-ring (bicyclic) bond motifs is 1. The standard InChI is InChI=1S/C34H42NO6PS2/c1-33(2,3)31(37)43-23-21-40-42(39,41-22-24-44-32(38)34(4,5)6)29(28-18-12-16-26-15-10-11-17-27(26)28)30(36)35-20-19-25-13-8-7-9-14-25/h7-20,29H,21-24H2,1-6H3,(H,35,36)/b20-19+. The normalized spacial score (nSPS) is 13.2. The van der Waals surface area contributed by atoms with Crippen LogP contribution in [0, 0.1) is 10.8 Å². The van der Waals surface area contributed by atoms with Crippen molar-refractivity contribution in [2.45, 2.75) is 47.2 Å². The van der Waals surface area contributed by atoms with Gasteiger partial charge in [-0.3, -0.25) is 18.9 Å². The largest absolute Gasteiger partial charge is 0.347 e. The molecule has 1 unspecified atom stereocenters. The van der Waals surface area contributed by atoms with Crippen LogP contribution in [0.15, 0.2) is 79.0 Å². The van der Waals surface area contributed by atoms with E-state index in [1.165, 1.54) is 6.20 Å². The summed E-state index contributed by atoms with van der Waals surface area (Å²) in [5.74, 6) is -0.0921. The molecule has 0 heterocycles. The van der Waals surface area contributed by atoms with Gasteiger partial charge < -0.3 is 14.4 Å². The van der Waals surface area contributed by atoms with Crippen LogP contribution >= 0.6 is 31.1 Å². The molecule has 1 N–H and O–H groups in total. The minimum Gasteiger partial charge on any atom is -0.332 e. The maximum Gasteiger partial charge on any atom is 0.347 e. The van der Waals surface area contributed by atoms with Crippen LogP contribution in [0.2, 0.25) is 0 Å². The van der Waals surface area contributed by atoms with Crippen LogP contribution in [-0.2, 0) is 28.0 Å². The minimum absolute atomic E-state index is 0.0247. The zero-order chi connectivity index (χ0) is 32.4. The van der Waals surface area contributed by atoms with Gasteiger partial charge in [-0.15, -0.1) is 0 Å². The first kappa shape index (κ1) is 35.8. The second-order valence-electron chi connectivity index (χ2n) is 12.2. The fourth-order valence-corrected chi connectivity index (χ4v) is 7.83. The van der Waals surface area contributed by atoms with E-state index >= 15 is 0 Å². The second-order valence-corrected chi connectivity index (χ2v) is 16.4. The number of thioether (sulfide) groups is 2. The van der Waals surface area contributed by atoms with Crippen molar-refractivity contribution in [3.05, 3.63) is 90.1 Å². The molecule has 0 aliphatic carbocycles. The Hall–Kier alpha value is -2.68. The lowest BCUT2D eigenvalue weighted by Gasteiger charge is -2.27. The summed E-state index contributed by atoms with van der Waals surface area (Å²) in [5, 5.41) is 4.34. The van der Waals surface area contributed by atoms with E-state index in [4.69, 9.17) is 9.05 Å². The van der Waals surface area contributed by atoms with E-state index in [1.54, 1.807) is 18.2 Å². The molecule has 1 amide bonds. The summed E-state index contributed by atoms with van der Waals surface area (Å²) >= 11 is 2.18. The van der Waals surface area contributed by atoms with E-state index in [9.17, 15) is 18.9 Å². The minimum atomic E-state index is -4.22. The molecule has 0 bridgehead atoms. The molecule has 1 atom stereocenters. The molecule has 10 heteroatoms. The van der Waals surface area contributed by atoms with Crippen LogP contribution in [0.5, 0.6) is 0 Å². The van der Waals surface area contributed by atoms with Gasteiger partial charge in [0.25, 0.3) is 0 Å². The van der Waals surface area contributed by atoms with E-state index < -0.39 is 30.0 Å². The molecule has 0 spiro atoms. The number of hydrogen-bond donors (Lipinski definition) is 1. The summed E-state index contributed by atoms with van der Waals surface area (Å²) in [6, 6.07) is 22.5. The first-order valence-corrected chi connectivity index (χ1v) is 18.0. The van der Waals surface area contributed by atoms with Gasteiger partial charge in [0, 0.05) is 28.5 Å². The van der Waals surface area contributed by atoms with Crippen LogP contribution < -0.4 is 5.32 Å². The van der Waals surface area contributed by atoms with Crippen LogP contribution in [0.3, 0.4) is 0 Å². The quantitative estimate of drug-likeness (QED) is 0.145. The Morgan fingerprint density at radius 2 is 1.30 bits per heavy atom. The monoisotopic (exact) mass is 655 g/mol. The van der Waals surface area contributed by atoms with Crippen molar-refractivity contribution in [2.75, 3.05) is 24.7 Å². The highest BCUT2D eigenvalue weighted by molar-refractivity contribution is 8.14. The van der Waals surface area contributed by atoms with Crippen LogP contribution in [-0.4, -0.2) is 40.9 Å². The lowest BCUT2D eigenvalue weighted by atomic mass is 9.99. The van der Waals surface area contributed by atoms with Gasteiger partial charge in [0.05, 0.1) is 13.2 Å². The highest BCUT2D eigenvalue weighted by Gasteiger charge is 2.43. The molecule has 44 heavy (non-hydrogen) atoms. The summed E-state index contributed by atoms with van der Waals surface area (Å²) in [4.78, 5) is 38.9. The topological polar surface area (TPSA) is 98.8 Å². The van der Waals surface area contributed by atoms with Crippen molar-refractivity contribution in [1.82, 2.24) is 5.32 Å². The van der Waals surface area contributed by atoms with Gasteiger partial charge >= 0.3 is 7.60 Å². The molecule has 0 radical (unpaired) electrons. The summed E-state index contributed by atoms with van der Waals surface area (Å²) in [7, 11) is -4.22. The lowest BCUT2D eigenvalue weighted by molar-refractivity contribution is -0.120. The first-order valence-electron chi connectivity index (χ1n) is 14.5. The third kappa shape index (κ3) is 10.5. The molecule has 3 rings (SSSR count).